The molecule has 2 saturated heterocycles. The van der Waals surface area contributed by atoms with Crippen LogP contribution < -0.4 is 5.32 Å². The first kappa shape index (κ1) is 9.01. The van der Waals surface area contributed by atoms with Crippen molar-refractivity contribution < 1.29 is 4.74 Å². The molecular formula is C9H19NO. The topological polar surface area (TPSA) is 21.3 Å². The maximum absolute atomic E-state index is 5.51. The maximum atomic E-state index is 5.51. The second kappa shape index (κ2) is 4.07. The molecule has 66 valence electrons. The zero-order chi connectivity index (χ0) is 8.16. The van der Waals surface area contributed by atoms with Gasteiger partial charge in [-0.15, -0.1) is 0 Å². The highest BCUT2D eigenvalue weighted by Crippen LogP contribution is 2.28. The van der Waals surface area contributed by atoms with Crippen molar-refractivity contribution in [1.29, 1.82) is 0 Å². The molecule has 0 aromatic rings. The van der Waals surface area contributed by atoms with Crippen molar-refractivity contribution in [2.24, 2.45) is 0 Å². The van der Waals surface area contributed by atoms with Crippen molar-refractivity contribution in [2.75, 3.05) is 19.7 Å². The largest absolute Gasteiger partial charge is 0.372 e. The Morgan fingerprint density at radius 3 is 2.18 bits per heavy atom. The van der Waals surface area contributed by atoms with Crippen molar-refractivity contribution in [3.05, 3.63) is 0 Å². The molecule has 2 aliphatic heterocycles. The second-order valence-corrected chi connectivity index (χ2v) is 3.45. The minimum absolute atomic E-state index is 0.306. The monoisotopic (exact) mass is 157 g/mol. The lowest BCUT2D eigenvalue weighted by Gasteiger charge is -2.37. The molecular weight excluding hydrogens is 138 g/mol. The van der Waals surface area contributed by atoms with Gasteiger partial charge in [-0.1, -0.05) is 20.3 Å². The van der Waals surface area contributed by atoms with E-state index in [-0.39, 0.29) is 0 Å². The number of nitrogens with one attached hydrogen (secondary N) is 1. The first-order valence-corrected chi connectivity index (χ1v) is 4.67. The highest BCUT2D eigenvalue weighted by molar-refractivity contribution is 4.96. The Morgan fingerprint density at radius 2 is 2.00 bits per heavy atom. The van der Waals surface area contributed by atoms with E-state index in [0.717, 1.165) is 19.7 Å². The molecule has 0 aliphatic carbocycles. The fraction of sp³-hybridized carbons (Fsp3) is 1.00. The summed E-state index contributed by atoms with van der Waals surface area (Å²) in [5.74, 6) is 0. The molecule has 0 unspecified atom stereocenters. The molecule has 11 heavy (non-hydrogen) atoms. The van der Waals surface area contributed by atoms with Crippen LogP contribution in [0.15, 0.2) is 0 Å². The van der Waals surface area contributed by atoms with E-state index < -0.39 is 0 Å². The minimum Gasteiger partial charge on any atom is -0.372 e. The van der Waals surface area contributed by atoms with Crippen molar-refractivity contribution in [3.8, 4) is 0 Å². The van der Waals surface area contributed by atoms with E-state index in [1.807, 2.05) is 0 Å². The Hall–Kier alpha value is -0.0800. The molecule has 2 fully saturated rings. The van der Waals surface area contributed by atoms with Gasteiger partial charge in [0.1, 0.15) is 0 Å². The Balaban J connectivity index is 0.000000179. The summed E-state index contributed by atoms with van der Waals surface area (Å²) in [6, 6.07) is 0. The van der Waals surface area contributed by atoms with E-state index in [9.17, 15) is 0 Å². The lowest BCUT2D eigenvalue weighted by Crippen LogP contribution is -2.58. The zero-order valence-electron chi connectivity index (χ0n) is 7.65. The minimum atomic E-state index is 0.306. The van der Waals surface area contributed by atoms with E-state index in [2.05, 4.69) is 19.2 Å². The number of rotatable bonds is 0. The number of ether oxygens (including phenoxy) is 1. The first-order valence-electron chi connectivity index (χ1n) is 4.67. The van der Waals surface area contributed by atoms with Crippen LogP contribution in [0.3, 0.4) is 0 Å². The van der Waals surface area contributed by atoms with Crippen molar-refractivity contribution in [2.45, 2.75) is 38.7 Å². The van der Waals surface area contributed by atoms with E-state index in [4.69, 9.17) is 4.74 Å². The summed E-state index contributed by atoms with van der Waals surface area (Å²) in [5, 5.41) is 3.22. The molecule has 2 heteroatoms. The van der Waals surface area contributed by atoms with Crippen molar-refractivity contribution >= 4 is 0 Å². The van der Waals surface area contributed by atoms with Gasteiger partial charge in [0.2, 0.25) is 0 Å². The summed E-state index contributed by atoms with van der Waals surface area (Å²) in [4.78, 5) is 0. The SMILES string of the molecule is C1COC2(C1)CNC2.CCC. The van der Waals surface area contributed by atoms with Gasteiger partial charge in [-0.25, -0.2) is 0 Å². The lowest BCUT2D eigenvalue weighted by atomic mass is 9.94. The van der Waals surface area contributed by atoms with Gasteiger partial charge in [0.15, 0.2) is 0 Å². The standard InChI is InChI=1S/C6H11NO.C3H8/c1-2-6(8-3-1)4-7-5-6;1-3-2/h7H,1-5H2;3H2,1-2H3. The fourth-order valence-electron chi connectivity index (χ4n) is 1.44. The Labute approximate surface area is 69.3 Å². The van der Waals surface area contributed by atoms with Crippen LogP contribution in [0.4, 0.5) is 0 Å². The number of hydrogen-bond acceptors (Lipinski definition) is 2. The van der Waals surface area contributed by atoms with Gasteiger partial charge < -0.3 is 10.1 Å². The Bertz CT molecular complexity index is 102. The lowest BCUT2D eigenvalue weighted by molar-refractivity contribution is -0.0358. The molecule has 0 aromatic carbocycles. The third-order valence-corrected chi connectivity index (χ3v) is 2.08. The summed E-state index contributed by atoms with van der Waals surface area (Å²) in [7, 11) is 0. The van der Waals surface area contributed by atoms with Gasteiger partial charge >= 0.3 is 0 Å². The normalized spacial score (nSPS) is 25.6. The van der Waals surface area contributed by atoms with Crippen LogP contribution in [0.5, 0.6) is 0 Å². The molecule has 1 N–H and O–H groups in total. The summed E-state index contributed by atoms with van der Waals surface area (Å²) in [5.41, 5.74) is 0.306. The predicted molar refractivity (Wildman–Crippen MR) is 46.8 cm³/mol. The van der Waals surface area contributed by atoms with Gasteiger partial charge in [-0.2, -0.15) is 0 Å². The van der Waals surface area contributed by atoms with Crippen LogP contribution >= 0.6 is 0 Å². The van der Waals surface area contributed by atoms with Crippen LogP contribution in [-0.2, 0) is 4.74 Å². The fourth-order valence-corrected chi connectivity index (χ4v) is 1.44. The third-order valence-electron chi connectivity index (χ3n) is 2.08. The highest BCUT2D eigenvalue weighted by atomic mass is 16.5. The van der Waals surface area contributed by atoms with Crippen LogP contribution in [0.2, 0.25) is 0 Å². The quantitative estimate of drug-likeness (QED) is 0.576. The van der Waals surface area contributed by atoms with Gasteiger partial charge in [-0.05, 0) is 12.8 Å². The smallest absolute Gasteiger partial charge is 0.0930 e. The molecule has 0 radical (unpaired) electrons. The summed E-state index contributed by atoms with van der Waals surface area (Å²) in [6.45, 7) is 7.42. The van der Waals surface area contributed by atoms with E-state index in [1.165, 1.54) is 19.3 Å². The molecule has 0 aromatic heterocycles. The molecule has 2 aliphatic rings. The molecule has 2 rings (SSSR count). The van der Waals surface area contributed by atoms with Crippen LogP contribution in [0.25, 0.3) is 0 Å². The van der Waals surface area contributed by atoms with Gasteiger partial charge in [0, 0.05) is 19.7 Å². The molecule has 0 amide bonds. The highest BCUT2D eigenvalue weighted by Gasteiger charge is 2.40. The first-order chi connectivity index (χ1) is 5.33. The Morgan fingerprint density at radius 1 is 1.36 bits per heavy atom. The van der Waals surface area contributed by atoms with E-state index in [1.54, 1.807) is 0 Å². The van der Waals surface area contributed by atoms with E-state index >= 15 is 0 Å². The molecule has 0 atom stereocenters. The van der Waals surface area contributed by atoms with Crippen molar-refractivity contribution in [1.82, 2.24) is 5.32 Å². The second-order valence-electron chi connectivity index (χ2n) is 3.45. The third kappa shape index (κ3) is 2.17. The zero-order valence-corrected chi connectivity index (χ0v) is 7.65. The van der Waals surface area contributed by atoms with Gasteiger partial charge in [0.05, 0.1) is 5.60 Å². The Kier molecular flexibility index (Phi) is 3.34. The number of hydrogen-bond donors (Lipinski definition) is 1. The molecule has 2 nitrogen and oxygen atoms in total. The molecule has 0 bridgehead atoms. The van der Waals surface area contributed by atoms with Crippen LogP contribution in [0.1, 0.15) is 33.1 Å². The van der Waals surface area contributed by atoms with Gasteiger partial charge in [-0.3, -0.25) is 0 Å². The van der Waals surface area contributed by atoms with Crippen LogP contribution in [0, 0.1) is 0 Å². The molecule has 1 spiro atoms. The van der Waals surface area contributed by atoms with E-state index in [0.29, 0.717) is 5.60 Å². The predicted octanol–water partition coefficient (Wildman–Crippen LogP) is 1.56. The van der Waals surface area contributed by atoms with Crippen LogP contribution in [-0.4, -0.2) is 25.3 Å². The average Bonchev–Trinajstić information content (AvgIpc) is 2.34. The maximum Gasteiger partial charge on any atom is 0.0930 e. The summed E-state index contributed by atoms with van der Waals surface area (Å²) < 4.78 is 5.51. The molecule has 0 saturated carbocycles. The average molecular weight is 157 g/mol. The van der Waals surface area contributed by atoms with Gasteiger partial charge in [0.25, 0.3) is 0 Å². The molecule has 2 heterocycles. The summed E-state index contributed by atoms with van der Waals surface area (Å²) >= 11 is 0. The van der Waals surface area contributed by atoms with Crippen molar-refractivity contribution in [3.63, 3.8) is 0 Å². The summed E-state index contributed by atoms with van der Waals surface area (Å²) in [6.07, 6.45) is 3.79.